The summed E-state index contributed by atoms with van der Waals surface area (Å²) in [5.74, 6) is 0. The highest BCUT2D eigenvalue weighted by molar-refractivity contribution is 7.80. The summed E-state index contributed by atoms with van der Waals surface area (Å²) >= 11 is 17.4. The molecule has 0 aliphatic rings. The van der Waals surface area contributed by atoms with Crippen molar-refractivity contribution in [3.05, 3.63) is 51.8 Å². The zero-order chi connectivity index (χ0) is 14.0. The van der Waals surface area contributed by atoms with Crippen LogP contribution in [0.1, 0.15) is 11.3 Å². The topological polar surface area (TPSA) is 50.9 Å². The first kappa shape index (κ1) is 14.1. The zero-order valence-electron chi connectivity index (χ0n) is 10.1. The first-order chi connectivity index (χ1) is 9.00. The van der Waals surface area contributed by atoms with E-state index in [1.54, 1.807) is 18.3 Å². The van der Waals surface area contributed by atoms with Gasteiger partial charge >= 0.3 is 0 Å². The van der Waals surface area contributed by atoms with Gasteiger partial charge in [0.15, 0.2) is 0 Å². The van der Waals surface area contributed by atoms with Crippen molar-refractivity contribution in [1.82, 2.24) is 4.98 Å². The number of nitrogens with one attached hydrogen (secondary N) is 1. The van der Waals surface area contributed by atoms with E-state index >= 15 is 0 Å². The Labute approximate surface area is 126 Å². The van der Waals surface area contributed by atoms with Crippen molar-refractivity contribution < 1.29 is 0 Å². The number of nitrogens with two attached hydrogens (primary N) is 1. The molecule has 0 aliphatic heterocycles. The highest BCUT2D eigenvalue weighted by Gasteiger charge is 2.12. The number of benzene rings is 1. The Morgan fingerprint density at radius 1 is 1.32 bits per heavy atom. The third-order valence-electron chi connectivity index (χ3n) is 2.58. The molecule has 2 aromatic rings. The van der Waals surface area contributed by atoms with Gasteiger partial charge < -0.3 is 11.1 Å². The van der Waals surface area contributed by atoms with Crippen molar-refractivity contribution in [2.24, 2.45) is 5.73 Å². The molecule has 0 radical (unpaired) electrons. The molecule has 0 spiro atoms. The van der Waals surface area contributed by atoms with E-state index in [-0.39, 0.29) is 4.99 Å². The van der Waals surface area contributed by atoms with Gasteiger partial charge in [0.2, 0.25) is 0 Å². The van der Waals surface area contributed by atoms with E-state index < -0.39 is 0 Å². The van der Waals surface area contributed by atoms with Crippen LogP contribution < -0.4 is 11.1 Å². The number of aryl methyl sites for hydroxylation is 1. The molecule has 0 fully saturated rings. The minimum absolute atomic E-state index is 0.211. The Balaban J connectivity index is 2.48. The fourth-order valence-corrected chi connectivity index (χ4v) is 2.24. The minimum Gasteiger partial charge on any atom is -0.388 e. The van der Waals surface area contributed by atoms with Gasteiger partial charge in [-0.25, -0.2) is 0 Å². The molecule has 0 bridgehead atoms. The summed E-state index contributed by atoms with van der Waals surface area (Å²) in [6, 6.07) is 7.23. The average molecular weight is 312 g/mol. The van der Waals surface area contributed by atoms with Crippen molar-refractivity contribution >= 4 is 51.8 Å². The average Bonchev–Trinajstić information content (AvgIpc) is 2.39. The van der Waals surface area contributed by atoms with Crippen LogP contribution in [0.3, 0.4) is 0 Å². The second-order valence-electron chi connectivity index (χ2n) is 3.94. The molecule has 1 heterocycles. The molecule has 19 heavy (non-hydrogen) atoms. The van der Waals surface area contributed by atoms with Crippen LogP contribution in [0.4, 0.5) is 11.4 Å². The SMILES string of the molecule is Cc1ccc(Cl)c(Nc2cccnc2C(N)=S)c1Cl. The number of hydrogen-bond acceptors (Lipinski definition) is 3. The molecule has 1 aromatic carbocycles. The van der Waals surface area contributed by atoms with E-state index in [1.165, 1.54) is 0 Å². The van der Waals surface area contributed by atoms with Crippen LogP contribution in [0.25, 0.3) is 0 Å². The Morgan fingerprint density at radius 2 is 2.05 bits per heavy atom. The van der Waals surface area contributed by atoms with Crippen LogP contribution in [-0.2, 0) is 0 Å². The summed E-state index contributed by atoms with van der Waals surface area (Å²) in [6.45, 7) is 1.90. The van der Waals surface area contributed by atoms with Gasteiger partial charge in [0.25, 0.3) is 0 Å². The van der Waals surface area contributed by atoms with Crippen molar-refractivity contribution in [3.63, 3.8) is 0 Å². The molecular weight excluding hydrogens is 301 g/mol. The quantitative estimate of drug-likeness (QED) is 0.839. The summed E-state index contributed by atoms with van der Waals surface area (Å²) in [6.07, 6.45) is 1.62. The molecule has 2 rings (SSSR count). The first-order valence-electron chi connectivity index (χ1n) is 5.47. The predicted molar refractivity (Wildman–Crippen MR) is 84.6 cm³/mol. The second kappa shape index (κ2) is 5.74. The number of rotatable bonds is 3. The summed E-state index contributed by atoms with van der Waals surface area (Å²) in [7, 11) is 0. The Morgan fingerprint density at radius 3 is 2.74 bits per heavy atom. The van der Waals surface area contributed by atoms with Gasteiger partial charge in [-0.15, -0.1) is 0 Å². The van der Waals surface area contributed by atoms with Gasteiger partial charge in [-0.2, -0.15) is 0 Å². The number of anilines is 2. The molecule has 3 nitrogen and oxygen atoms in total. The molecule has 0 saturated carbocycles. The molecule has 98 valence electrons. The lowest BCUT2D eigenvalue weighted by Gasteiger charge is -2.14. The van der Waals surface area contributed by atoms with E-state index in [0.717, 1.165) is 5.56 Å². The number of halogens is 2. The lowest BCUT2D eigenvalue weighted by Crippen LogP contribution is -2.14. The monoisotopic (exact) mass is 311 g/mol. The highest BCUT2D eigenvalue weighted by atomic mass is 35.5. The number of nitrogens with zero attached hydrogens (tertiary/aromatic N) is 1. The maximum atomic E-state index is 6.25. The summed E-state index contributed by atoms with van der Waals surface area (Å²) in [5, 5.41) is 4.22. The first-order valence-corrected chi connectivity index (χ1v) is 6.63. The largest absolute Gasteiger partial charge is 0.388 e. The predicted octanol–water partition coefficient (Wildman–Crippen LogP) is 4.07. The number of pyridine rings is 1. The fraction of sp³-hybridized carbons (Fsp3) is 0.0769. The van der Waals surface area contributed by atoms with Gasteiger partial charge in [0.05, 0.1) is 21.4 Å². The molecule has 0 amide bonds. The second-order valence-corrected chi connectivity index (χ2v) is 5.17. The van der Waals surface area contributed by atoms with Crippen molar-refractivity contribution in [2.45, 2.75) is 6.92 Å². The fourth-order valence-electron chi connectivity index (χ4n) is 1.61. The van der Waals surface area contributed by atoms with Gasteiger partial charge in [-0.1, -0.05) is 41.5 Å². The number of aromatic nitrogens is 1. The van der Waals surface area contributed by atoms with Crippen LogP contribution in [0, 0.1) is 6.92 Å². The van der Waals surface area contributed by atoms with E-state index in [1.807, 2.05) is 19.1 Å². The maximum absolute atomic E-state index is 6.25. The maximum Gasteiger partial charge on any atom is 0.124 e. The van der Waals surface area contributed by atoms with Gasteiger partial charge in [-0.05, 0) is 30.7 Å². The zero-order valence-corrected chi connectivity index (χ0v) is 12.4. The molecule has 6 heteroatoms. The normalized spacial score (nSPS) is 10.3. The lowest BCUT2D eigenvalue weighted by molar-refractivity contribution is 1.28. The third-order valence-corrected chi connectivity index (χ3v) is 3.58. The van der Waals surface area contributed by atoms with E-state index in [9.17, 15) is 0 Å². The molecule has 3 N–H and O–H groups in total. The lowest BCUT2D eigenvalue weighted by atomic mass is 10.2. The molecule has 0 unspecified atom stereocenters. The smallest absolute Gasteiger partial charge is 0.124 e. The van der Waals surface area contributed by atoms with Gasteiger partial charge in [-0.3, -0.25) is 4.98 Å². The molecular formula is C13H11Cl2N3S. The van der Waals surface area contributed by atoms with E-state index in [0.29, 0.717) is 27.1 Å². The van der Waals surface area contributed by atoms with Gasteiger partial charge in [0, 0.05) is 6.20 Å². The van der Waals surface area contributed by atoms with Crippen LogP contribution in [-0.4, -0.2) is 9.97 Å². The Bertz CT molecular complexity index is 644. The summed E-state index contributed by atoms with van der Waals surface area (Å²) < 4.78 is 0. The molecule has 0 saturated heterocycles. The molecule has 0 atom stereocenters. The van der Waals surface area contributed by atoms with E-state index in [4.69, 9.17) is 41.2 Å². The summed E-state index contributed by atoms with van der Waals surface area (Å²) in [4.78, 5) is 4.35. The van der Waals surface area contributed by atoms with Crippen LogP contribution in [0.2, 0.25) is 10.0 Å². The number of hydrogen-bond donors (Lipinski definition) is 2. The van der Waals surface area contributed by atoms with Crippen molar-refractivity contribution in [2.75, 3.05) is 5.32 Å². The van der Waals surface area contributed by atoms with Crippen LogP contribution in [0.5, 0.6) is 0 Å². The highest BCUT2D eigenvalue weighted by Crippen LogP contribution is 2.35. The Kier molecular flexibility index (Phi) is 4.24. The van der Waals surface area contributed by atoms with Gasteiger partial charge in [0.1, 0.15) is 10.7 Å². The minimum atomic E-state index is 0.211. The molecule has 0 aliphatic carbocycles. The van der Waals surface area contributed by atoms with Crippen molar-refractivity contribution in [3.8, 4) is 0 Å². The summed E-state index contributed by atoms with van der Waals surface area (Å²) in [5.41, 5.74) is 8.36. The molecule has 1 aromatic heterocycles. The van der Waals surface area contributed by atoms with Crippen LogP contribution in [0.15, 0.2) is 30.5 Å². The van der Waals surface area contributed by atoms with Crippen molar-refractivity contribution in [1.29, 1.82) is 0 Å². The Hall–Kier alpha value is -1.36. The van der Waals surface area contributed by atoms with Crippen LogP contribution >= 0.6 is 35.4 Å². The third kappa shape index (κ3) is 2.97. The standard InChI is InChI=1S/C13H11Cl2N3S/c1-7-4-5-8(14)11(10(7)15)18-9-3-2-6-17-12(9)13(16)19/h2-6,18H,1H3,(H2,16,19). The number of thiocarbonyl (C=S) groups is 1. The van der Waals surface area contributed by atoms with E-state index in [2.05, 4.69) is 10.3 Å².